The minimum atomic E-state index is -0.255. The van der Waals surface area contributed by atoms with Crippen LogP contribution in [0.2, 0.25) is 0 Å². The van der Waals surface area contributed by atoms with Crippen molar-refractivity contribution in [2.75, 3.05) is 19.5 Å². The number of carbonyl (C=O) groups is 1. The lowest BCUT2D eigenvalue weighted by atomic mass is 10.1. The van der Waals surface area contributed by atoms with Crippen molar-refractivity contribution in [2.24, 2.45) is 4.99 Å². The Hall–Kier alpha value is -3.87. The van der Waals surface area contributed by atoms with Crippen molar-refractivity contribution in [3.63, 3.8) is 0 Å². The molecule has 0 atom stereocenters. The van der Waals surface area contributed by atoms with Gasteiger partial charge in [0.2, 0.25) is 5.96 Å². The zero-order chi connectivity index (χ0) is 21.3. The molecule has 0 aliphatic rings. The summed E-state index contributed by atoms with van der Waals surface area (Å²) in [6.07, 6.45) is 3.41. The van der Waals surface area contributed by atoms with Crippen molar-refractivity contribution < 1.29 is 14.3 Å². The van der Waals surface area contributed by atoms with Crippen LogP contribution >= 0.6 is 0 Å². The molecule has 1 heterocycles. The average Bonchev–Trinajstić information content (AvgIpc) is 2.77. The zero-order valence-electron chi connectivity index (χ0n) is 17.2. The second-order valence-corrected chi connectivity index (χ2v) is 6.57. The Kier molecular flexibility index (Phi) is 7.00. The smallest absolute Gasteiger partial charge is 0.257 e. The van der Waals surface area contributed by atoms with E-state index in [1.54, 1.807) is 50.9 Å². The van der Waals surface area contributed by atoms with Crippen molar-refractivity contribution in [3.8, 4) is 11.5 Å². The highest BCUT2D eigenvalue weighted by molar-refractivity contribution is 6.10. The summed E-state index contributed by atoms with van der Waals surface area (Å²) >= 11 is 0. The quantitative estimate of drug-likeness (QED) is 0.482. The van der Waals surface area contributed by atoms with E-state index in [9.17, 15) is 4.79 Å². The number of aromatic nitrogens is 1. The molecule has 7 nitrogen and oxygen atoms in total. The van der Waals surface area contributed by atoms with Crippen molar-refractivity contribution in [2.45, 2.75) is 13.5 Å². The maximum absolute atomic E-state index is 12.8. The molecule has 154 valence electrons. The third-order valence-electron chi connectivity index (χ3n) is 4.30. The van der Waals surface area contributed by atoms with E-state index in [1.165, 1.54) is 0 Å². The molecule has 2 N–H and O–H groups in total. The first-order valence-corrected chi connectivity index (χ1v) is 9.39. The number of benzene rings is 2. The Morgan fingerprint density at radius 3 is 2.33 bits per heavy atom. The molecule has 0 saturated carbocycles. The molecule has 1 aromatic heterocycles. The molecule has 0 radical (unpaired) electrons. The molecule has 0 bridgehead atoms. The largest absolute Gasteiger partial charge is 0.497 e. The van der Waals surface area contributed by atoms with Crippen LogP contribution in [0.5, 0.6) is 11.5 Å². The number of aryl methyl sites for hydroxylation is 1. The number of methoxy groups -OCH3 is 2. The van der Waals surface area contributed by atoms with Crippen LogP contribution in [0.4, 0.5) is 5.69 Å². The van der Waals surface area contributed by atoms with Gasteiger partial charge in [0, 0.05) is 41.8 Å². The fourth-order valence-electron chi connectivity index (χ4n) is 2.75. The van der Waals surface area contributed by atoms with Crippen molar-refractivity contribution in [3.05, 3.63) is 83.7 Å². The number of pyridine rings is 1. The Labute approximate surface area is 175 Å². The van der Waals surface area contributed by atoms with E-state index < -0.39 is 0 Å². The Morgan fingerprint density at radius 1 is 1.00 bits per heavy atom. The predicted octanol–water partition coefficient (Wildman–Crippen LogP) is 3.81. The maximum atomic E-state index is 12.8. The third-order valence-corrected chi connectivity index (χ3v) is 4.30. The molecule has 30 heavy (non-hydrogen) atoms. The minimum absolute atomic E-state index is 0.255. The lowest BCUT2D eigenvalue weighted by Crippen LogP contribution is -2.36. The summed E-state index contributed by atoms with van der Waals surface area (Å²) in [6, 6.07) is 16.5. The monoisotopic (exact) mass is 404 g/mol. The summed E-state index contributed by atoms with van der Waals surface area (Å²) in [5.41, 5.74) is 3.20. The molecular formula is C23H24N4O3. The Balaban J connectivity index is 1.86. The second kappa shape index (κ2) is 10.1. The fourth-order valence-corrected chi connectivity index (χ4v) is 2.75. The summed E-state index contributed by atoms with van der Waals surface area (Å²) in [6.45, 7) is 2.32. The first kappa shape index (κ1) is 20.9. The molecule has 3 rings (SSSR count). The highest BCUT2D eigenvalue weighted by Gasteiger charge is 2.11. The summed E-state index contributed by atoms with van der Waals surface area (Å²) in [5.74, 6) is 1.30. The van der Waals surface area contributed by atoms with Gasteiger partial charge in [-0.1, -0.05) is 17.7 Å². The number of anilines is 1. The highest BCUT2D eigenvalue weighted by atomic mass is 16.5. The van der Waals surface area contributed by atoms with Gasteiger partial charge in [0.05, 0.1) is 20.8 Å². The van der Waals surface area contributed by atoms with Gasteiger partial charge >= 0.3 is 0 Å². The fraction of sp³-hybridized carbons (Fsp3) is 0.174. The van der Waals surface area contributed by atoms with Crippen LogP contribution in [0.25, 0.3) is 0 Å². The molecule has 0 spiro atoms. The number of hydrogen-bond acceptors (Lipinski definition) is 5. The van der Waals surface area contributed by atoms with E-state index in [0.29, 0.717) is 35.3 Å². The predicted molar refractivity (Wildman–Crippen MR) is 117 cm³/mol. The van der Waals surface area contributed by atoms with E-state index in [2.05, 4.69) is 20.6 Å². The molecule has 7 heteroatoms. The van der Waals surface area contributed by atoms with Crippen LogP contribution in [-0.4, -0.2) is 31.1 Å². The number of hydrogen-bond donors (Lipinski definition) is 2. The topological polar surface area (TPSA) is 84.8 Å². The molecule has 0 aliphatic heterocycles. The normalized spacial score (nSPS) is 11.0. The SMILES string of the molecule is COc1cc(NC(=NCc2ccncc2)NC(=O)c2cccc(C)c2)cc(OC)c1. The number of nitrogens with one attached hydrogen (secondary N) is 2. The van der Waals surface area contributed by atoms with Gasteiger partial charge < -0.3 is 14.8 Å². The summed E-state index contributed by atoms with van der Waals surface area (Å²) in [5, 5.41) is 6.01. The number of amides is 1. The molecule has 3 aromatic rings. The van der Waals surface area contributed by atoms with E-state index >= 15 is 0 Å². The molecular weight excluding hydrogens is 380 g/mol. The Bertz CT molecular complexity index is 1010. The first-order chi connectivity index (χ1) is 14.6. The number of carbonyl (C=O) groups excluding carboxylic acids is 1. The van der Waals surface area contributed by atoms with Gasteiger partial charge in [-0.15, -0.1) is 0 Å². The summed E-state index contributed by atoms with van der Waals surface area (Å²) < 4.78 is 10.6. The minimum Gasteiger partial charge on any atom is -0.497 e. The van der Waals surface area contributed by atoms with Gasteiger partial charge in [-0.2, -0.15) is 0 Å². The molecule has 0 unspecified atom stereocenters. The van der Waals surface area contributed by atoms with E-state index in [4.69, 9.17) is 9.47 Å². The summed E-state index contributed by atoms with van der Waals surface area (Å²) in [4.78, 5) is 21.3. The third kappa shape index (κ3) is 5.81. The van der Waals surface area contributed by atoms with Gasteiger partial charge in [0.1, 0.15) is 11.5 Å². The van der Waals surface area contributed by atoms with Crippen molar-refractivity contribution in [1.82, 2.24) is 10.3 Å². The Morgan fingerprint density at radius 2 is 1.70 bits per heavy atom. The van der Waals surface area contributed by atoms with E-state index in [0.717, 1.165) is 11.1 Å². The highest BCUT2D eigenvalue weighted by Crippen LogP contribution is 2.25. The van der Waals surface area contributed by atoms with Crippen LogP contribution in [-0.2, 0) is 6.54 Å². The number of ether oxygens (including phenoxy) is 2. The van der Waals surface area contributed by atoms with Crippen LogP contribution < -0.4 is 20.1 Å². The van der Waals surface area contributed by atoms with Crippen LogP contribution in [0.15, 0.2) is 72.0 Å². The lowest BCUT2D eigenvalue weighted by molar-refractivity contribution is 0.0977. The zero-order valence-corrected chi connectivity index (χ0v) is 17.2. The van der Waals surface area contributed by atoms with Crippen molar-refractivity contribution in [1.29, 1.82) is 0 Å². The average molecular weight is 404 g/mol. The van der Waals surface area contributed by atoms with Gasteiger partial charge in [-0.25, -0.2) is 4.99 Å². The van der Waals surface area contributed by atoms with Gasteiger partial charge in [0.25, 0.3) is 5.91 Å². The van der Waals surface area contributed by atoms with Crippen LogP contribution in [0.1, 0.15) is 21.5 Å². The number of nitrogens with zero attached hydrogens (tertiary/aromatic N) is 2. The molecule has 2 aromatic carbocycles. The number of aliphatic imine (C=N–C) groups is 1. The van der Waals surface area contributed by atoms with E-state index in [-0.39, 0.29) is 5.91 Å². The molecule has 0 aliphatic carbocycles. The van der Waals surface area contributed by atoms with Gasteiger partial charge in [0.15, 0.2) is 0 Å². The van der Waals surface area contributed by atoms with Crippen LogP contribution in [0.3, 0.4) is 0 Å². The number of rotatable bonds is 6. The van der Waals surface area contributed by atoms with Crippen molar-refractivity contribution >= 4 is 17.6 Å². The summed E-state index contributed by atoms with van der Waals surface area (Å²) in [7, 11) is 3.16. The molecule has 1 amide bonds. The van der Waals surface area contributed by atoms with Crippen LogP contribution in [0, 0.1) is 6.92 Å². The van der Waals surface area contributed by atoms with E-state index in [1.807, 2.05) is 37.3 Å². The van der Waals surface area contributed by atoms with Gasteiger partial charge in [-0.05, 0) is 36.8 Å². The standard InChI is InChI=1S/C23H24N4O3/c1-16-5-4-6-18(11-16)22(28)27-23(25-15-17-7-9-24-10-8-17)26-19-12-20(29-2)14-21(13-19)30-3/h4-14H,15H2,1-3H3,(H2,25,26,27,28). The number of guanidine groups is 1. The second-order valence-electron chi connectivity index (χ2n) is 6.57. The maximum Gasteiger partial charge on any atom is 0.257 e. The van der Waals surface area contributed by atoms with Gasteiger partial charge in [-0.3, -0.25) is 15.1 Å². The molecule has 0 fully saturated rings. The molecule has 0 saturated heterocycles. The lowest BCUT2D eigenvalue weighted by Gasteiger charge is -2.14. The first-order valence-electron chi connectivity index (χ1n) is 9.39.